The largest absolute Gasteiger partial charge is 0.349 e. The first-order valence-electron chi connectivity index (χ1n) is 11.7. The van der Waals surface area contributed by atoms with Crippen molar-refractivity contribution in [3.63, 3.8) is 0 Å². The van der Waals surface area contributed by atoms with Crippen molar-refractivity contribution in [1.82, 2.24) is 14.8 Å². The molecule has 170 valence electrons. The lowest BCUT2D eigenvalue weighted by Crippen LogP contribution is -2.46. The molecule has 0 spiro atoms. The van der Waals surface area contributed by atoms with Gasteiger partial charge in [-0.15, -0.1) is 0 Å². The van der Waals surface area contributed by atoms with Crippen molar-refractivity contribution in [1.29, 1.82) is 0 Å². The molecule has 3 aromatic carbocycles. The van der Waals surface area contributed by atoms with E-state index in [1.807, 2.05) is 101 Å². The lowest BCUT2D eigenvalue weighted by molar-refractivity contribution is 0.0698. The summed E-state index contributed by atoms with van der Waals surface area (Å²) in [5, 5.41) is 3.13. The van der Waals surface area contributed by atoms with Crippen LogP contribution in [-0.4, -0.2) is 40.4 Å². The molecule has 0 atom stereocenters. The van der Waals surface area contributed by atoms with Crippen LogP contribution >= 0.6 is 0 Å². The van der Waals surface area contributed by atoms with Crippen molar-refractivity contribution in [3.8, 4) is 16.8 Å². The van der Waals surface area contributed by atoms with Gasteiger partial charge < -0.3 is 14.8 Å². The number of hydrogen-bond donors (Lipinski definition) is 1. The van der Waals surface area contributed by atoms with E-state index in [0.717, 1.165) is 29.7 Å². The first kappa shape index (κ1) is 21.7. The zero-order valence-electron chi connectivity index (χ0n) is 18.9. The highest BCUT2D eigenvalue weighted by Crippen LogP contribution is 2.21. The summed E-state index contributed by atoms with van der Waals surface area (Å²) >= 11 is 0. The topological polar surface area (TPSA) is 54.3 Å². The van der Waals surface area contributed by atoms with E-state index < -0.39 is 0 Å². The summed E-state index contributed by atoms with van der Waals surface area (Å²) in [6.07, 6.45) is 5.45. The van der Waals surface area contributed by atoms with Crippen LogP contribution < -0.4 is 5.32 Å². The van der Waals surface area contributed by atoms with Gasteiger partial charge >= 0.3 is 0 Å². The third-order valence-electron chi connectivity index (χ3n) is 6.39. The highest BCUT2D eigenvalue weighted by atomic mass is 16.2. The molecule has 1 saturated heterocycles. The molecule has 2 amide bonds. The molecule has 0 bridgehead atoms. The van der Waals surface area contributed by atoms with Crippen LogP contribution in [0.5, 0.6) is 0 Å². The molecule has 2 heterocycles. The Kier molecular flexibility index (Phi) is 6.25. The summed E-state index contributed by atoms with van der Waals surface area (Å²) < 4.78 is 2.00. The zero-order valence-corrected chi connectivity index (χ0v) is 18.9. The molecule has 5 nitrogen and oxygen atoms in total. The van der Waals surface area contributed by atoms with Crippen molar-refractivity contribution in [2.75, 3.05) is 13.1 Å². The van der Waals surface area contributed by atoms with Crippen LogP contribution in [-0.2, 0) is 0 Å². The van der Waals surface area contributed by atoms with Crippen molar-refractivity contribution >= 4 is 11.8 Å². The smallest absolute Gasteiger partial charge is 0.253 e. The average molecular weight is 450 g/mol. The van der Waals surface area contributed by atoms with Gasteiger partial charge in [-0.2, -0.15) is 0 Å². The van der Waals surface area contributed by atoms with Gasteiger partial charge in [-0.3, -0.25) is 9.59 Å². The van der Waals surface area contributed by atoms with Crippen LogP contribution in [0.15, 0.2) is 103 Å². The van der Waals surface area contributed by atoms with Crippen molar-refractivity contribution < 1.29 is 9.59 Å². The van der Waals surface area contributed by atoms with Crippen LogP contribution in [0.25, 0.3) is 16.8 Å². The molecule has 0 aliphatic carbocycles. The molecular weight excluding hydrogens is 422 g/mol. The minimum atomic E-state index is -0.0691. The molecule has 5 rings (SSSR count). The Morgan fingerprint density at radius 1 is 0.676 bits per heavy atom. The van der Waals surface area contributed by atoms with E-state index in [9.17, 15) is 9.59 Å². The number of amides is 2. The van der Waals surface area contributed by atoms with Gasteiger partial charge in [-0.05, 0) is 72.5 Å². The van der Waals surface area contributed by atoms with E-state index in [1.165, 1.54) is 0 Å². The Balaban J connectivity index is 1.14. The molecular formula is C29H27N3O2. The number of aromatic nitrogens is 1. The zero-order chi connectivity index (χ0) is 23.3. The Morgan fingerprint density at radius 3 is 1.91 bits per heavy atom. The quantitative estimate of drug-likeness (QED) is 0.457. The summed E-state index contributed by atoms with van der Waals surface area (Å²) in [5.41, 5.74) is 4.60. The summed E-state index contributed by atoms with van der Waals surface area (Å²) in [5.74, 6) is -0.0228. The lowest BCUT2D eigenvalue weighted by Gasteiger charge is -2.32. The van der Waals surface area contributed by atoms with E-state index in [-0.39, 0.29) is 17.9 Å². The first-order chi connectivity index (χ1) is 16.7. The predicted octanol–water partition coefficient (Wildman–Crippen LogP) is 5.18. The molecule has 4 aromatic rings. The van der Waals surface area contributed by atoms with E-state index in [1.54, 1.807) is 0 Å². The monoisotopic (exact) mass is 449 g/mol. The molecule has 5 heteroatoms. The number of carbonyl (C=O) groups is 2. The minimum absolute atomic E-state index is 0.0463. The maximum atomic E-state index is 13.0. The minimum Gasteiger partial charge on any atom is -0.349 e. The van der Waals surface area contributed by atoms with E-state index >= 15 is 0 Å². The molecule has 1 aliphatic rings. The van der Waals surface area contributed by atoms with Crippen molar-refractivity contribution in [3.05, 3.63) is 115 Å². The molecule has 1 N–H and O–H groups in total. The summed E-state index contributed by atoms with van der Waals surface area (Å²) in [4.78, 5) is 27.5. The fourth-order valence-corrected chi connectivity index (χ4v) is 4.41. The molecule has 1 fully saturated rings. The van der Waals surface area contributed by atoms with Gasteiger partial charge in [0, 0.05) is 48.3 Å². The van der Waals surface area contributed by atoms with Crippen LogP contribution in [0.3, 0.4) is 0 Å². The number of nitrogens with zero attached hydrogens (tertiary/aromatic N) is 2. The Bertz CT molecular complexity index is 1240. The molecule has 0 saturated carbocycles. The van der Waals surface area contributed by atoms with Gasteiger partial charge in [0.15, 0.2) is 0 Å². The molecule has 1 aliphatic heterocycles. The van der Waals surface area contributed by atoms with Gasteiger partial charge in [-0.1, -0.05) is 42.5 Å². The maximum absolute atomic E-state index is 13.0. The number of carbonyl (C=O) groups excluding carboxylic acids is 2. The SMILES string of the molecule is O=C(NC1CCN(C(=O)c2ccc(-c3ccccc3)cc2)CC1)c1ccc(-n2cccc2)cc1. The second-order valence-electron chi connectivity index (χ2n) is 8.62. The number of piperidine rings is 1. The Labute approximate surface area is 199 Å². The second kappa shape index (κ2) is 9.79. The molecule has 0 radical (unpaired) electrons. The number of benzene rings is 3. The Morgan fingerprint density at radius 2 is 1.26 bits per heavy atom. The maximum Gasteiger partial charge on any atom is 0.253 e. The lowest BCUT2D eigenvalue weighted by atomic mass is 10.0. The van der Waals surface area contributed by atoms with Crippen LogP contribution in [0.4, 0.5) is 0 Å². The van der Waals surface area contributed by atoms with Crippen molar-refractivity contribution in [2.24, 2.45) is 0 Å². The van der Waals surface area contributed by atoms with Gasteiger partial charge in [0.25, 0.3) is 11.8 Å². The standard InChI is InChI=1S/C29H27N3O2/c33-28(24-12-14-27(15-13-24)31-18-4-5-19-31)30-26-16-20-32(21-17-26)29(34)25-10-8-23(9-11-25)22-6-2-1-3-7-22/h1-15,18-19,26H,16-17,20-21H2,(H,30,33). The number of rotatable bonds is 5. The fourth-order valence-electron chi connectivity index (χ4n) is 4.41. The number of nitrogens with one attached hydrogen (secondary N) is 1. The van der Waals surface area contributed by atoms with E-state index in [0.29, 0.717) is 24.2 Å². The fraction of sp³-hybridized carbons (Fsp3) is 0.172. The summed E-state index contributed by atoms with van der Waals surface area (Å²) in [6, 6.07) is 29.5. The van der Waals surface area contributed by atoms with E-state index in [2.05, 4.69) is 17.4 Å². The van der Waals surface area contributed by atoms with Crippen LogP contribution in [0, 0.1) is 0 Å². The predicted molar refractivity (Wildman–Crippen MR) is 134 cm³/mol. The van der Waals surface area contributed by atoms with Crippen LogP contribution in [0.1, 0.15) is 33.6 Å². The highest BCUT2D eigenvalue weighted by molar-refractivity contribution is 5.95. The number of hydrogen-bond acceptors (Lipinski definition) is 2. The third-order valence-corrected chi connectivity index (χ3v) is 6.39. The van der Waals surface area contributed by atoms with Crippen molar-refractivity contribution in [2.45, 2.75) is 18.9 Å². The van der Waals surface area contributed by atoms with Gasteiger partial charge in [0.2, 0.25) is 0 Å². The van der Waals surface area contributed by atoms with Gasteiger partial charge in [-0.25, -0.2) is 0 Å². The molecule has 0 unspecified atom stereocenters. The Hall–Kier alpha value is -4.12. The summed E-state index contributed by atoms with van der Waals surface area (Å²) in [6.45, 7) is 1.27. The third kappa shape index (κ3) is 4.79. The summed E-state index contributed by atoms with van der Waals surface area (Å²) in [7, 11) is 0. The van der Waals surface area contributed by atoms with Gasteiger partial charge in [0.05, 0.1) is 0 Å². The molecule has 1 aromatic heterocycles. The van der Waals surface area contributed by atoms with Gasteiger partial charge in [0.1, 0.15) is 0 Å². The average Bonchev–Trinajstić information content (AvgIpc) is 3.45. The number of likely N-dealkylation sites (tertiary alicyclic amines) is 1. The molecule has 34 heavy (non-hydrogen) atoms. The van der Waals surface area contributed by atoms with Crippen LogP contribution in [0.2, 0.25) is 0 Å². The normalized spacial score (nSPS) is 14.1. The first-order valence-corrected chi connectivity index (χ1v) is 11.7. The second-order valence-corrected chi connectivity index (χ2v) is 8.62. The van der Waals surface area contributed by atoms with E-state index in [4.69, 9.17) is 0 Å². The highest BCUT2D eigenvalue weighted by Gasteiger charge is 2.25.